The van der Waals surface area contributed by atoms with E-state index in [0.29, 0.717) is 31.0 Å². The molecule has 2 heterocycles. The highest BCUT2D eigenvalue weighted by Crippen LogP contribution is 2.36. The van der Waals surface area contributed by atoms with Gasteiger partial charge in [0.2, 0.25) is 0 Å². The number of likely N-dealkylation sites (N-methyl/N-ethyl adjacent to an activating group) is 1. The molecule has 6 nitrogen and oxygen atoms in total. The first-order valence-electron chi connectivity index (χ1n) is 12.5. The van der Waals surface area contributed by atoms with E-state index in [0.717, 1.165) is 13.1 Å². The molecule has 1 N–H and O–H groups in total. The quantitative estimate of drug-likeness (QED) is 0.272. The number of amides is 1. The lowest BCUT2D eigenvalue weighted by atomic mass is 9.99. The second-order valence-corrected chi connectivity index (χ2v) is 10.1. The number of Topliss-reactive ketones (excluding diaryl/α,β-unsaturated/α-hetero) is 1. The predicted molar refractivity (Wildman–Crippen MR) is 141 cm³/mol. The molecular formula is C28H25ClF6N4O2. The molecule has 0 aliphatic carbocycles. The molecule has 3 aromatic rings. The number of piperazine rings is 1. The molecule has 0 spiro atoms. The van der Waals surface area contributed by atoms with Gasteiger partial charge in [0.1, 0.15) is 5.82 Å². The van der Waals surface area contributed by atoms with Gasteiger partial charge >= 0.3 is 12.4 Å². The molecule has 0 atom stereocenters. The number of nitrogens with zero attached hydrogens (tertiary/aromatic N) is 3. The van der Waals surface area contributed by atoms with E-state index < -0.39 is 41.5 Å². The summed E-state index contributed by atoms with van der Waals surface area (Å²) in [7, 11) is 1.98. The fourth-order valence-corrected chi connectivity index (χ4v) is 4.64. The Morgan fingerprint density at radius 2 is 1.51 bits per heavy atom. The molecule has 1 aromatic heterocycles. The van der Waals surface area contributed by atoms with Crippen LogP contribution in [-0.4, -0.2) is 54.8 Å². The van der Waals surface area contributed by atoms with E-state index in [2.05, 4.69) is 15.2 Å². The summed E-state index contributed by atoms with van der Waals surface area (Å²) >= 11 is 6.18. The number of aromatic nitrogens is 1. The van der Waals surface area contributed by atoms with Gasteiger partial charge in [-0.05, 0) is 54.6 Å². The van der Waals surface area contributed by atoms with Crippen LogP contribution in [0.1, 0.15) is 43.0 Å². The molecule has 0 radical (unpaired) electrons. The van der Waals surface area contributed by atoms with Gasteiger partial charge in [-0.2, -0.15) is 26.3 Å². The summed E-state index contributed by atoms with van der Waals surface area (Å²) in [6, 6.07) is 9.10. The Bertz CT molecular complexity index is 1400. The Hall–Kier alpha value is -3.64. The van der Waals surface area contributed by atoms with Gasteiger partial charge in [0.15, 0.2) is 5.78 Å². The molecule has 1 aliphatic rings. The lowest BCUT2D eigenvalue weighted by Gasteiger charge is -2.33. The maximum atomic E-state index is 13.2. The number of alkyl halides is 6. The first-order chi connectivity index (χ1) is 19.2. The first kappa shape index (κ1) is 30.3. The molecule has 218 valence electrons. The average molecular weight is 599 g/mol. The molecule has 1 fully saturated rings. The largest absolute Gasteiger partial charge is 0.416 e. The standard InChI is InChI=1S/C28H25ClF6N4O2/c1-38-6-8-39(9-7-38)25-13-18(12-24(40)21-4-2-3-5-23(21)29)22(16-36-25)26(41)37-15-17-10-19(27(30,31)32)14-20(11-17)28(33,34)35/h2-5,10-11,13-14,16H,6-9,12,15H2,1H3,(H,37,41). The number of carbonyl (C=O) groups is 2. The average Bonchev–Trinajstić information content (AvgIpc) is 2.91. The van der Waals surface area contributed by atoms with Crippen LogP contribution in [0, 0.1) is 0 Å². The van der Waals surface area contributed by atoms with E-state index in [1.165, 1.54) is 6.20 Å². The maximum Gasteiger partial charge on any atom is 0.416 e. The van der Waals surface area contributed by atoms with Crippen molar-refractivity contribution in [1.29, 1.82) is 0 Å². The fourth-order valence-electron chi connectivity index (χ4n) is 4.40. The van der Waals surface area contributed by atoms with Crippen molar-refractivity contribution < 1.29 is 35.9 Å². The second kappa shape index (κ2) is 12.1. The summed E-state index contributed by atoms with van der Waals surface area (Å²) in [6.07, 6.45) is -9.02. The number of rotatable bonds is 7. The first-order valence-corrected chi connectivity index (χ1v) is 12.9. The van der Waals surface area contributed by atoms with Gasteiger partial charge in [-0.1, -0.05) is 23.7 Å². The third kappa shape index (κ3) is 7.56. The minimum atomic E-state index is -5.02. The second-order valence-electron chi connectivity index (χ2n) is 9.67. The molecule has 13 heteroatoms. The summed E-state index contributed by atoms with van der Waals surface area (Å²) < 4.78 is 79.5. The molecule has 2 aromatic carbocycles. The van der Waals surface area contributed by atoms with E-state index >= 15 is 0 Å². The molecule has 0 unspecified atom stereocenters. The van der Waals surface area contributed by atoms with Crippen molar-refractivity contribution in [3.63, 3.8) is 0 Å². The van der Waals surface area contributed by atoms with E-state index in [4.69, 9.17) is 11.6 Å². The Morgan fingerprint density at radius 1 is 0.902 bits per heavy atom. The van der Waals surface area contributed by atoms with Crippen molar-refractivity contribution in [2.24, 2.45) is 0 Å². The third-order valence-corrected chi connectivity index (χ3v) is 7.00. The van der Waals surface area contributed by atoms with Crippen LogP contribution in [0.5, 0.6) is 0 Å². The van der Waals surface area contributed by atoms with Gasteiger partial charge in [-0.15, -0.1) is 0 Å². The zero-order valence-corrected chi connectivity index (χ0v) is 22.5. The van der Waals surface area contributed by atoms with E-state index in [-0.39, 0.29) is 40.0 Å². The van der Waals surface area contributed by atoms with Gasteiger partial charge in [-0.3, -0.25) is 9.59 Å². The topological polar surface area (TPSA) is 65.5 Å². The number of nitrogens with one attached hydrogen (secondary N) is 1. The van der Waals surface area contributed by atoms with Crippen molar-refractivity contribution in [3.8, 4) is 0 Å². The van der Waals surface area contributed by atoms with Crippen molar-refractivity contribution in [3.05, 3.63) is 93.1 Å². The van der Waals surface area contributed by atoms with Crippen LogP contribution in [0.25, 0.3) is 0 Å². The number of pyridine rings is 1. The monoisotopic (exact) mass is 598 g/mol. The van der Waals surface area contributed by atoms with E-state index in [1.807, 2.05) is 11.9 Å². The van der Waals surface area contributed by atoms with Gasteiger partial charge in [0.05, 0.1) is 21.7 Å². The highest BCUT2D eigenvalue weighted by atomic mass is 35.5. The van der Waals surface area contributed by atoms with Crippen molar-refractivity contribution >= 4 is 29.1 Å². The summed E-state index contributed by atoms with van der Waals surface area (Å²) in [5.41, 5.74) is -2.87. The van der Waals surface area contributed by atoms with E-state index in [1.54, 1.807) is 30.3 Å². The number of hydrogen-bond donors (Lipinski definition) is 1. The van der Waals surface area contributed by atoms with Crippen LogP contribution in [0.15, 0.2) is 54.7 Å². The highest BCUT2D eigenvalue weighted by molar-refractivity contribution is 6.34. The molecule has 1 amide bonds. The summed E-state index contributed by atoms with van der Waals surface area (Å²) in [5.74, 6) is -0.660. The summed E-state index contributed by atoms with van der Waals surface area (Å²) in [6.45, 7) is 2.24. The van der Waals surface area contributed by atoms with Crippen molar-refractivity contribution in [2.75, 3.05) is 38.1 Å². The summed E-state index contributed by atoms with van der Waals surface area (Å²) in [4.78, 5) is 34.8. The minimum absolute atomic E-state index is 0.0186. The van der Waals surface area contributed by atoms with Gasteiger partial charge < -0.3 is 15.1 Å². The number of anilines is 1. The van der Waals surface area contributed by atoms with Gasteiger partial charge in [0.25, 0.3) is 5.91 Å². The zero-order chi connectivity index (χ0) is 29.9. The predicted octanol–water partition coefficient (Wildman–Crippen LogP) is 5.88. The van der Waals surface area contributed by atoms with Gasteiger partial charge in [-0.25, -0.2) is 4.98 Å². The molecule has 0 bridgehead atoms. The van der Waals surface area contributed by atoms with Gasteiger partial charge in [0, 0.05) is 50.9 Å². The van der Waals surface area contributed by atoms with Crippen molar-refractivity contribution in [2.45, 2.75) is 25.3 Å². The molecule has 1 aliphatic heterocycles. The number of ketones is 1. The Morgan fingerprint density at radius 3 is 2.10 bits per heavy atom. The van der Waals surface area contributed by atoms with Crippen LogP contribution in [0.3, 0.4) is 0 Å². The third-order valence-electron chi connectivity index (χ3n) is 6.67. The van der Waals surface area contributed by atoms with E-state index in [9.17, 15) is 35.9 Å². The molecular weight excluding hydrogens is 574 g/mol. The number of benzene rings is 2. The molecule has 0 saturated carbocycles. The Kier molecular flexibility index (Phi) is 8.93. The lowest BCUT2D eigenvalue weighted by Crippen LogP contribution is -2.44. The van der Waals surface area contributed by atoms with Crippen LogP contribution in [0.4, 0.5) is 32.2 Å². The van der Waals surface area contributed by atoms with Crippen LogP contribution in [-0.2, 0) is 25.3 Å². The number of halogens is 7. The Labute approximate surface area is 236 Å². The fraction of sp³-hybridized carbons (Fsp3) is 0.321. The lowest BCUT2D eigenvalue weighted by molar-refractivity contribution is -0.143. The number of hydrogen-bond acceptors (Lipinski definition) is 5. The molecule has 41 heavy (non-hydrogen) atoms. The number of carbonyl (C=O) groups excluding carboxylic acids is 2. The van der Waals surface area contributed by atoms with Crippen LogP contribution in [0.2, 0.25) is 5.02 Å². The summed E-state index contributed by atoms with van der Waals surface area (Å²) in [5, 5.41) is 2.59. The Balaban J connectivity index is 1.62. The van der Waals surface area contributed by atoms with Crippen LogP contribution >= 0.6 is 11.6 Å². The van der Waals surface area contributed by atoms with Crippen LogP contribution < -0.4 is 10.2 Å². The normalized spacial score (nSPS) is 14.7. The smallest absolute Gasteiger partial charge is 0.354 e. The van der Waals surface area contributed by atoms with Crippen molar-refractivity contribution in [1.82, 2.24) is 15.2 Å². The SMILES string of the molecule is CN1CCN(c2cc(CC(=O)c3ccccc3Cl)c(C(=O)NCc3cc(C(F)(F)F)cc(C(F)(F)F)c3)cn2)CC1. The minimum Gasteiger partial charge on any atom is -0.354 e. The molecule has 4 rings (SSSR count). The highest BCUT2D eigenvalue weighted by Gasteiger charge is 2.37. The maximum absolute atomic E-state index is 13.2. The molecule has 1 saturated heterocycles. The zero-order valence-electron chi connectivity index (χ0n) is 21.7.